The molecule has 0 spiro atoms. The lowest BCUT2D eigenvalue weighted by molar-refractivity contribution is -0.386. The van der Waals surface area contributed by atoms with Gasteiger partial charge >= 0.3 is 11.7 Å². The minimum atomic E-state index is -1.06. The normalized spacial score (nSPS) is 15.7. The number of para-hydroxylation sites is 1. The molecule has 1 fully saturated rings. The molecule has 10 nitrogen and oxygen atoms in total. The maximum Gasteiger partial charge on any atom is 0.346 e. The summed E-state index contributed by atoms with van der Waals surface area (Å²) in [5.41, 5.74) is 2.57. The molecule has 1 atom stereocenters. The van der Waals surface area contributed by atoms with E-state index in [0.29, 0.717) is 5.69 Å². The second-order valence-electron chi connectivity index (χ2n) is 6.24. The molecule has 10 heteroatoms. The number of esters is 1. The Labute approximate surface area is 170 Å². The van der Waals surface area contributed by atoms with Gasteiger partial charge in [-0.15, -0.1) is 0 Å². The van der Waals surface area contributed by atoms with Gasteiger partial charge in [0.25, 0.3) is 11.8 Å². The molecule has 2 aromatic carbocycles. The molecule has 2 amide bonds. The quantitative estimate of drug-likeness (QED) is 0.253. The summed E-state index contributed by atoms with van der Waals surface area (Å²) in [6, 6.07) is 12.4. The number of ether oxygens (including phenoxy) is 2. The third-order valence-electron chi connectivity index (χ3n) is 4.23. The molecule has 154 valence electrons. The number of hydrazine groups is 1. The number of amides is 2. The maximum absolute atomic E-state index is 12.6. The summed E-state index contributed by atoms with van der Waals surface area (Å²) < 4.78 is 9.85. The summed E-state index contributed by atoms with van der Waals surface area (Å²) >= 11 is 0. The molecule has 30 heavy (non-hydrogen) atoms. The van der Waals surface area contributed by atoms with Gasteiger partial charge in [-0.1, -0.05) is 24.3 Å². The molecule has 0 bridgehead atoms. The van der Waals surface area contributed by atoms with E-state index in [1.807, 2.05) is 0 Å². The van der Waals surface area contributed by atoms with Crippen molar-refractivity contribution in [2.24, 2.45) is 0 Å². The fourth-order valence-corrected chi connectivity index (χ4v) is 2.75. The van der Waals surface area contributed by atoms with E-state index in [2.05, 4.69) is 10.2 Å². The monoisotopic (exact) mass is 411 g/mol. The van der Waals surface area contributed by atoms with Crippen LogP contribution in [0.25, 0.3) is 6.08 Å². The maximum atomic E-state index is 12.6. The molecule has 2 aromatic rings. The number of hydrogen-bond donors (Lipinski definition) is 1. The van der Waals surface area contributed by atoms with Crippen molar-refractivity contribution in [3.05, 3.63) is 69.8 Å². The molecule has 1 N–H and O–H groups in total. The molecule has 1 aliphatic rings. The number of nitro benzene ring substituents is 1. The highest BCUT2D eigenvalue weighted by atomic mass is 16.6. The molecule has 0 radical (unpaired) electrons. The van der Waals surface area contributed by atoms with Crippen LogP contribution >= 0.6 is 0 Å². The molecular formula is C20H17N3O7. The highest BCUT2D eigenvalue weighted by Crippen LogP contribution is 2.30. The van der Waals surface area contributed by atoms with Crippen molar-refractivity contribution in [2.45, 2.75) is 13.0 Å². The number of methoxy groups -OCH3 is 1. The number of nitrogens with zero attached hydrogens (tertiary/aromatic N) is 2. The van der Waals surface area contributed by atoms with Crippen LogP contribution in [0, 0.1) is 10.1 Å². The van der Waals surface area contributed by atoms with Gasteiger partial charge in [0.15, 0.2) is 11.9 Å². The van der Waals surface area contributed by atoms with Crippen LogP contribution in [0.4, 0.5) is 11.4 Å². The highest BCUT2D eigenvalue weighted by molar-refractivity contribution is 6.31. The summed E-state index contributed by atoms with van der Waals surface area (Å²) in [6.45, 7) is 1.39. The van der Waals surface area contributed by atoms with Crippen LogP contribution in [0.3, 0.4) is 0 Å². The van der Waals surface area contributed by atoms with E-state index in [1.54, 1.807) is 30.3 Å². The van der Waals surface area contributed by atoms with Gasteiger partial charge in [-0.05, 0) is 36.8 Å². The minimum Gasteiger partial charge on any atom is -0.472 e. The summed E-state index contributed by atoms with van der Waals surface area (Å²) in [7, 11) is 1.17. The van der Waals surface area contributed by atoms with Gasteiger partial charge < -0.3 is 9.47 Å². The lowest BCUT2D eigenvalue weighted by Crippen LogP contribution is -2.35. The Morgan fingerprint density at radius 3 is 2.53 bits per heavy atom. The molecular weight excluding hydrogens is 394 g/mol. The van der Waals surface area contributed by atoms with E-state index in [9.17, 15) is 24.5 Å². The van der Waals surface area contributed by atoms with Gasteiger partial charge in [-0.25, -0.2) is 9.80 Å². The van der Waals surface area contributed by atoms with E-state index in [0.717, 1.165) is 11.1 Å². The summed E-state index contributed by atoms with van der Waals surface area (Å²) in [5, 5.41) is 12.5. The first kappa shape index (κ1) is 20.5. The lowest BCUT2D eigenvalue weighted by Gasteiger charge is -2.14. The van der Waals surface area contributed by atoms with Gasteiger partial charge in [-0.2, -0.15) is 0 Å². The number of benzene rings is 2. The van der Waals surface area contributed by atoms with Crippen molar-refractivity contribution in [3.63, 3.8) is 0 Å². The van der Waals surface area contributed by atoms with Crippen molar-refractivity contribution in [1.29, 1.82) is 0 Å². The number of carbonyl (C=O) groups excluding carboxylic acids is 3. The predicted molar refractivity (Wildman–Crippen MR) is 105 cm³/mol. The molecule has 3 rings (SSSR count). The van der Waals surface area contributed by atoms with E-state index in [-0.39, 0.29) is 16.9 Å². The third kappa shape index (κ3) is 4.12. The zero-order valence-electron chi connectivity index (χ0n) is 16.0. The zero-order chi connectivity index (χ0) is 21.8. The van der Waals surface area contributed by atoms with Crippen LogP contribution in [0.15, 0.2) is 54.1 Å². The number of nitrogens with one attached hydrogen (secondary N) is 1. The first-order valence-electron chi connectivity index (χ1n) is 8.77. The van der Waals surface area contributed by atoms with Crippen LogP contribution in [-0.2, 0) is 19.1 Å². The Morgan fingerprint density at radius 2 is 1.90 bits per heavy atom. The van der Waals surface area contributed by atoms with Crippen LogP contribution in [0.5, 0.6) is 5.75 Å². The van der Waals surface area contributed by atoms with E-state index >= 15 is 0 Å². The summed E-state index contributed by atoms with van der Waals surface area (Å²) in [5.74, 6) is -2.06. The topological polar surface area (TPSA) is 128 Å². The SMILES string of the molecule is COC(=O)C(C)Oc1ccc(C=C2C(=O)NN(c3ccccc3)C2=O)cc1[N+](=O)[O-]. The van der Waals surface area contributed by atoms with Crippen LogP contribution in [-0.4, -0.2) is 35.9 Å². The number of carbonyl (C=O) groups is 3. The number of hydrogen-bond acceptors (Lipinski definition) is 7. The van der Waals surface area contributed by atoms with Crippen molar-refractivity contribution in [2.75, 3.05) is 12.1 Å². The molecule has 1 aliphatic heterocycles. The molecule has 0 aromatic heterocycles. The molecule has 1 heterocycles. The Balaban J connectivity index is 1.90. The fourth-order valence-electron chi connectivity index (χ4n) is 2.75. The Morgan fingerprint density at radius 1 is 1.20 bits per heavy atom. The summed E-state index contributed by atoms with van der Waals surface area (Å²) in [4.78, 5) is 47.1. The molecule has 0 saturated carbocycles. The first-order valence-corrected chi connectivity index (χ1v) is 8.77. The Hall–Kier alpha value is -4.21. The Kier molecular flexibility index (Phi) is 5.77. The lowest BCUT2D eigenvalue weighted by atomic mass is 10.1. The first-order chi connectivity index (χ1) is 14.3. The highest BCUT2D eigenvalue weighted by Gasteiger charge is 2.34. The van der Waals surface area contributed by atoms with Crippen molar-refractivity contribution in [1.82, 2.24) is 5.43 Å². The second kappa shape index (κ2) is 8.43. The van der Waals surface area contributed by atoms with Gasteiger partial charge in [-0.3, -0.25) is 25.1 Å². The van der Waals surface area contributed by atoms with Gasteiger partial charge in [0, 0.05) is 6.07 Å². The molecule has 1 saturated heterocycles. The third-order valence-corrected chi connectivity index (χ3v) is 4.23. The van der Waals surface area contributed by atoms with Crippen molar-refractivity contribution in [3.8, 4) is 5.75 Å². The Bertz CT molecular complexity index is 1050. The van der Waals surface area contributed by atoms with E-state index < -0.39 is 34.5 Å². The number of anilines is 1. The average molecular weight is 411 g/mol. The average Bonchev–Trinajstić information content (AvgIpc) is 3.02. The fraction of sp³-hybridized carbons (Fsp3) is 0.150. The predicted octanol–water partition coefficient (Wildman–Crippen LogP) is 2.00. The van der Waals surface area contributed by atoms with Crippen molar-refractivity contribution < 1.29 is 28.8 Å². The largest absolute Gasteiger partial charge is 0.472 e. The van der Waals surface area contributed by atoms with Crippen LogP contribution in [0.1, 0.15) is 12.5 Å². The molecule has 1 unspecified atom stereocenters. The summed E-state index contributed by atoms with van der Waals surface area (Å²) in [6.07, 6.45) is 0.195. The second-order valence-corrected chi connectivity index (χ2v) is 6.24. The number of nitro groups is 1. The number of rotatable bonds is 6. The minimum absolute atomic E-state index is 0.145. The zero-order valence-corrected chi connectivity index (χ0v) is 16.0. The van der Waals surface area contributed by atoms with Crippen molar-refractivity contribution >= 4 is 35.2 Å². The standard InChI is InChI=1S/C20H17N3O7/c1-12(20(26)29-2)30-17-9-8-13(11-16(17)23(27)28)10-15-18(24)21-22(19(15)25)14-6-4-3-5-7-14/h3-12H,1-2H3,(H,21,24). The van der Waals surface area contributed by atoms with Gasteiger partial charge in [0.2, 0.25) is 0 Å². The van der Waals surface area contributed by atoms with E-state index in [4.69, 9.17) is 4.74 Å². The van der Waals surface area contributed by atoms with Gasteiger partial charge in [0.1, 0.15) is 5.57 Å². The smallest absolute Gasteiger partial charge is 0.346 e. The van der Waals surface area contributed by atoms with E-state index in [1.165, 1.54) is 32.2 Å². The molecule has 0 aliphatic carbocycles. The van der Waals surface area contributed by atoms with Crippen LogP contribution in [0.2, 0.25) is 0 Å². The van der Waals surface area contributed by atoms with Crippen LogP contribution < -0.4 is 15.2 Å². The van der Waals surface area contributed by atoms with Gasteiger partial charge in [0.05, 0.1) is 17.7 Å².